The molecule has 4 atom stereocenters. The second kappa shape index (κ2) is 10.7. The summed E-state index contributed by atoms with van der Waals surface area (Å²) in [5, 5.41) is 0. The Morgan fingerprint density at radius 1 is 0.733 bits per heavy atom. The zero-order valence-electron chi connectivity index (χ0n) is 19.3. The quantitative estimate of drug-likeness (QED) is 0.431. The summed E-state index contributed by atoms with van der Waals surface area (Å²) in [4.78, 5) is 0. The van der Waals surface area contributed by atoms with Crippen molar-refractivity contribution in [2.24, 2.45) is 29.6 Å². The van der Waals surface area contributed by atoms with Gasteiger partial charge in [-0.25, -0.2) is 0 Å². The molecule has 0 heterocycles. The highest BCUT2D eigenvalue weighted by molar-refractivity contribution is 5.30. The van der Waals surface area contributed by atoms with Gasteiger partial charge >= 0.3 is 0 Å². The summed E-state index contributed by atoms with van der Waals surface area (Å²) in [5.74, 6) is 6.68. The predicted molar refractivity (Wildman–Crippen MR) is 128 cm³/mol. The number of benzene rings is 1. The van der Waals surface area contributed by atoms with Gasteiger partial charge in [-0.2, -0.15) is 0 Å². The van der Waals surface area contributed by atoms with E-state index >= 15 is 0 Å². The first-order chi connectivity index (χ1) is 14.8. The largest absolute Gasteiger partial charge is 0.490 e. The van der Waals surface area contributed by atoms with Crippen LogP contribution in [-0.2, 0) is 0 Å². The molecule has 0 saturated heterocycles. The fraction of sp³-hybridized carbons (Fsp3) is 0.655. The van der Waals surface area contributed by atoms with Crippen molar-refractivity contribution in [1.82, 2.24) is 0 Å². The Morgan fingerprint density at radius 2 is 1.37 bits per heavy atom. The lowest BCUT2D eigenvalue weighted by Crippen LogP contribution is -2.34. The maximum absolute atomic E-state index is 5.77. The highest BCUT2D eigenvalue weighted by atomic mass is 16.5. The summed E-state index contributed by atoms with van der Waals surface area (Å²) >= 11 is 0. The van der Waals surface area contributed by atoms with Crippen LogP contribution in [-0.4, -0.2) is 6.61 Å². The van der Waals surface area contributed by atoms with Gasteiger partial charge < -0.3 is 4.74 Å². The third kappa shape index (κ3) is 5.40. The van der Waals surface area contributed by atoms with Crippen LogP contribution in [0.25, 0.3) is 0 Å². The van der Waals surface area contributed by atoms with Crippen molar-refractivity contribution in [2.45, 2.75) is 84.0 Å². The van der Waals surface area contributed by atoms with Crippen LogP contribution in [0, 0.1) is 29.6 Å². The number of fused-ring (bicyclic) bond motifs is 1. The minimum atomic E-state index is 0.668. The number of hydrogen-bond donors (Lipinski definition) is 0. The smallest absolute Gasteiger partial charge is 0.119 e. The normalized spacial score (nSPS) is 34.9. The zero-order chi connectivity index (χ0) is 20.8. The van der Waals surface area contributed by atoms with E-state index in [4.69, 9.17) is 4.74 Å². The van der Waals surface area contributed by atoms with Gasteiger partial charge in [-0.15, -0.1) is 0 Å². The van der Waals surface area contributed by atoms with Crippen LogP contribution < -0.4 is 4.74 Å². The van der Waals surface area contributed by atoms with Gasteiger partial charge in [0.15, 0.2) is 0 Å². The van der Waals surface area contributed by atoms with Gasteiger partial charge in [0.05, 0.1) is 0 Å². The number of ether oxygens (including phenoxy) is 1. The van der Waals surface area contributed by atoms with Crippen molar-refractivity contribution in [3.63, 3.8) is 0 Å². The molecule has 4 unspecified atom stereocenters. The first kappa shape index (κ1) is 21.7. The van der Waals surface area contributed by atoms with Gasteiger partial charge in [0.2, 0.25) is 0 Å². The second-order valence-corrected chi connectivity index (χ2v) is 10.3. The minimum Gasteiger partial charge on any atom is -0.490 e. The molecule has 3 aliphatic carbocycles. The van der Waals surface area contributed by atoms with Gasteiger partial charge in [0.1, 0.15) is 12.4 Å². The van der Waals surface area contributed by atoms with E-state index in [1.807, 2.05) is 13.0 Å². The Labute approximate surface area is 185 Å². The van der Waals surface area contributed by atoms with E-state index in [1.54, 1.807) is 0 Å². The van der Waals surface area contributed by atoms with Crippen molar-refractivity contribution in [3.8, 4) is 5.75 Å². The van der Waals surface area contributed by atoms with E-state index in [0.717, 1.165) is 41.3 Å². The lowest BCUT2D eigenvalue weighted by atomic mass is 9.60. The molecule has 4 rings (SSSR count). The molecule has 3 saturated carbocycles. The van der Waals surface area contributed by atoms with Crippen molar-refractivity contribution in [1.29, 1.82) is 0 Å². The van der Waals surface area contributed by atoms with Crippen LogP contribution in [0.15, 0.2) is 48.6 Å². The molecular formula is C29H42O. The fourth-order valence-electron chi connectivity index (χ4n) is 6.81. The summed E-state index contributed by atoms with van der Waals surface area (Å²) in [6.45, 7) is 4.88. The Bertz CT molecular complexity index is 692. The third-order valence-electron chi connectivity index (χ3n) is 8.53. The maximum atomic E-state index is 5.77. The Kier molecular flexibility index (Phi) is 7.74. The van der Waals surface area contributed by atoms with Crippen molar-refractivity contribution >= 4 is 0 Å². The van der Waals surface area contributed by atoms with E-state index in [-0.39, 0.29) is 0 Å². The van der Waals surface area contributed by atoms with Crippen LogP contribution in [0.2, 0.25) is 0 Å². The van der Waals surface area contributed by atoms with Gasteiger partial charge in [-0.1, -0.05) is 36.4 Å². The van der Waals surface area contributed by atoms with Crippen LogP contribution in [0.3, 0.4) is 0 Å². The molecule has 1 aromatic carbocycles. The second-order valence-electron chi connectivity index (χ2n) is 10.3. The van der Waals surface area contributed by atoms with E-state index in [0.29, 0.717) is 6.61 Å². The molecule has 3 fully saturated rings. The number of allylic oxidation sites excluding steroid dienone is 3. The molecule has 0 spiro atoms. The molecule has 1 nitrogen and oxygen atoms in total. The molecule has 0 bridgehead atoms. The van der Waals surface area contributed by atoms with Gasteiger partial charge in [-0.3, -0.25) is 0 Å². The first-order valence-electron chi connectivity index (χ1n) is 12.7. The summed E-state index contributed by atoms with van der Waals surface area (Å²) in [7, 11) is 0. The molecular weight excluding hydrogens is 364 g/mol. The Balaban J connectivity index is 1.26. The molecule has 0 amide bonds. The first-order valence-corrected chi connectivity index (χ1v) is 12.7. The molecule has 0 aromatic heterocycles. The topological polar surface area (TPSA) is 9.23 Å². The molecule has 164 valence electrons. The molecule has 3 aliphatic rings. The SMILES string of the molecule is C/C=C/COc1ccc(C2CCC3CC(C4CCC(/C=C/C)CC4)CCC3C2)cc1. The molecule has 0 aliphatic heterocycles. The fourth-order valence-corrected chi connectivity index (χ4v) is 6.81. The van der Waals surface area contributed by atoms with Gasteiger partial charge in [-0.05, 0) is 131 Å². The van der Waals surface area contributed by atoms with E-state index in [1.165, 1.54) is 69.8 Å². The summed E-state index contributed by atoms with van der Waals surface area (Å²) < 4.78 is 5.77. The Morgan fingerprint density at radius 3 is 2.07 bits per heavy atom. The van der Waals surface area contributed by atoms with Crippen LogP contribution >= 0.6 is 0 Å². The predicted octanol–water partition coefficient (Wildman–Crippen LogP) is 8.32. The minimum absolute atomic E-state index is 0.668. The maximum Gasteiger partial charge on any atom is 0.119 e. The average molecular weight is 407 g/mol. The Hall–Kier alpha value is -1.50. The highest BCUT2D eigenvalue weighted by Gasteiger charge is 2.38. The number of hydrogen-bond acceptors (Lipinski definition) is 1. The standard InChI is InChI=1S/C29H42O/c1-3-5-19-30-29-17-15-24(16-18-29)26-12-14-27-20-25(11-13-28(27)21-26)23-9-7-22(6-4-2)8-10-23/h3-6,15-18,22-23,25-28H,7-14,19-21H2,1-2H3/b5-3+,6-4+. The van der Waals surface area contributed by atoms with E-state index in [9.17, 15) is 0 Å². The average Bonchev–Trinajstić information content (AvgIpc) is 2.80. The van der Waals surface area contributed by atoms with Gasteiger partial charge in [0, 0.05) is 0 Å². The highest BCUT2D eigenvalue weighted by Crippen LogP contribution is 2.51. The molecule has 1 heteroatoms. The van der Waals surface area contributed by atoms with Crippen LogP contribution in [0.5, 0.6) is 5.75 Å². The van der Waals surface area contributed by atoms with E-state index in [2.05, 4.69) is 49.4 Å². The zero-order valence-corrected chi connectivity index (χ0v) is 19.3. The van der Waals surface area contributed by atoms with Crippen LogP contribution in [0.1, 0.15) is 89.5 Å². The molecule has 0 N–H and O–H groups in total. The van der Waals surface area contributed by atoms with Crippen molar-refractivity contribution in [2.75, 3.05) is 6.61 Å². The summed E-state index contributed by atoms with van der Waals surface area (Å²) in [6, 6.07) is 8.99. The molecule has 0 radical (unpaired) electrons. The van der Waals surface area contributed by atoms with Gasteiger partial charge in [0.25, 0.3) is 0 Å². The lowest BCUT2D eigenvalue weighted by molar-refractivity contribution is 0.0748. The van der Waals surface area contributed by atoms with E-state index < -0.39 is 0 Å². The molecule has 30 heavy (non-hydrogen) atoms. The van der Waals surface area contributed by atoms with Crippen LogP contribution in [0.4, 0.5) is 0 Å². The lowest BCUT2D eigenvalue weighted by Gasteiger charge is -2.45. The summed E-state index contributed by atoms with van der Waals surface area (Å²) in [5.41, 5.74) is 1.54. The molecule has 1 aromatic rings. The summed E-state index contributed by atoms with van der Waals surface area (Å²) in [6.07, 6.45) is 23.5. The van der Waals surface area contributed by atoms with Crippen molar-refractivity contribution in [3.05, 3.63) is 54.1 Å². The van der Waals surface area contributed by atoms with Crippen molar-refractivity contribution < 1.29 is 4.74 Å². The monoisotopic (exact) mass is 406 g/mol. The third-order valence-corrected chi connectivity index (χ3v) is 8.53. The number of rotatable bonds is 6.